The topological polar surface area (TPSA) is 89.9 Å². The summed E-state index contributed by atoms with van der Waals surface area (Å²) in [5.41, 5.74) is 10.0. The first kappa shape index (κ1) is 15.8. The average Bonchev–Trinajstić information content (AvgIpc) is 3.18. The van der Waals surface area contributed by atoms with Crippen LogP contribution in [0.2, 0.25) is 5.02 Å². The summed E-state index contributed by atoms with van der Waals surface area (Å²) in [4.78, 5) is 21.3. The van der Waals surface area contributed by atoms with Gasteiger partial charge in [0.1, 0.15) is 17.8 Å². The molecule has 0 saturated carbocycles. The van der Waals surface area contributed by atoms with E-state index < -0.39 is 0 Å². The van der Waals surface area contributed by atoms with E-state index in [1.165, 1.54) is 6.33 Å². The summed E-state index contributed by atoms with van der Waals surface area (Å²) in [5, 5.41) is 6.01. The van der Waals surface area contributed by atoms with Crippen LogP contribution in [0.25, 0.3) is 22.3 Å². The summed E-state index contributed by atoms with van der Waals surface area (Å²) >= 11 is 6.68. The molecule has 2 aromatic heterocycles. The minimum absolute atomic E-state index is 0.115. The lowest BCUT2D eigenvalue weighted by molar-refractivity contribution is -0.107. The number of hydrogen-bond acceptors (Lipinski definition) is 5. The molecule has 1 aliphatic heterocycles. The predicted octanol–water partition coefficient (Wildman–Crippen LogP) is 2.83. The summed E-state index contributed by atoms with van der Waals surface area (Å²) in [5.74, 6) is 0.373. The fraction of sp³-hybridized carbons (Fsp3) is 0.294. The average molecular weight is 357 g/mol. The van der Waals surface area contributed by atoms with Crippen LogP contribution in [-0.2, 0) is 11.2 Å². The van der Waals surface area contributed by atoms with E-state index in [0.29, 0.717) is 34.1 Å². The number of nitrogen functional groups attached to an aromatic ring is 1. The molecule has 1 aliphatic rings. The molecular formula is C17H17ClN6O. The van der Waals surface area contributed by atoms with Crippen LogP contribution in [0, 0.1) is 0 Å². The lowest BCUT2D eigenvalue weighted by atomic mass is 10.0. The van der Waals surface area contributed by atoms with Crippen LogP contribution in [-0.4, -0.2) is 32.7 Å². The standard InChI is InChI=1S/C17H17ClN6O/c1-9(2)24-17-13(16(19)20-7-21-17)15(22-24)11-3-4-12-10(14(11)18)5-6-23(12)8-25/h3-4,7-9H,5-6H2,1-2H3,(H2,19,20,21). The maximum Gasteiger partial charge on any atom is 0.214 e. The first-order valence-electron chi connectivity index (χ1n) is 8.05. The molecule has 4 rings (SSSR count). The summed E-state index contributed by atoms with van der Waals surface area (Å²) < 4.78 is 1.82. The Morgan fingerprint density at radius 1 is 1.32 bits per heavy atom. The van der Waals surface area contributed by atoms with E-state index in [1.807, 2.05) is 30.7 Å². The van der Waals surface area contributed by atoms with Crippen LogP contribution >= 0.6 is 11.6 Å². The number of hydrogen-bond donors (Lipinski definition) is 1. The fourth-order valence-electron chi connectivity index (χ4n) is 3.31. The highest BCUT2D eigenvalue weighted by molar-refractivity contribution is 6.35. The molecule has 0 aliphatic carbocycles. The van der Waals surface area contributed by atoms with Gasteiger partial charge < -0.3 is 10.6 Å². The molecule has 25 heavy (non-hydrogen) atoms. The molecule has 0 bridgehead atoms. The van der Waals surface area contributed by atoms with Gasteiger partial charge in [0.2, 0.25) is 6.41 Å². The number of rotatable bonds is 3. The molecule has 2 N–H and O–H groups in total. The molecule has 0 unspecified atom stereocenters. The molecule has 128 valence electrons. The van der Waals surface area contributed by atoms with E-state index in [-0.39, 0.29) is 6.04 Å². The highest BCUT2D eigenvalue weighted by atomic mass is 35.5. The number of fused-ring (bicyclic) bond motifs is 2. The van der Waals surface area contributed by atoms with E-state index in [2.05, 4.69) is 9.97 Å². The summed E-state index contributed by atoms with van der Waals surface area (Å²) in [6.07, 6.45) is 2.99. The number of carbonyl (C=O) groups is 1. The Labute approximate surface area is 149 Å². The van der Waals surface area contributed by atoms with Gasteiger partial charge in [-0.25, -0.2) is 14.6 Å². The van der Waals surface area contributed by atoms with Crippen molar-refractivity contribution in [2.24, 2.45) is 0 Å². The van der Waals surface area contributed by atoms with Gasteiger partial charge in [0.25, 0.3) is 0 Å². The summed E-state index contributed by atoms with van der Waals surface area (Å²) in [7, 11) is 0. The Hall–Kier alpha value is -2.67. The molecular weight excluding hydrogens is 340 g/mol. The van der Waals surface area contributed by atoms with Crippen molar-refractivity contribution >= 4 is 40.5 Å². The first-order valence-corrected chi connectivity index (χ1v) is 8.43. The number of aromatic nitrogens is 4. The molecule has 8 heteroatoms. The third-order valence-corrected chi connectivity index (χ3v) is 4.95. The Morgan fingerprint density at radius 2 is 2.12 bits per heavy atom. The normalized spacial score (nSPS) is 13.7. The van der Waals surface area contributed by atoms with Gasteiger partial charge in [-0.3, -0.25) is 4.79 Å². The predicted molar refractivity (Wildman–Crippen MR) is 97.7 cm³/mol. The Bertz CT molecular complexity index is 996. The van der Waals surface area contributed by atoms with E-state index in [4.69, 9.17) is 22.4 Å². The third-order valence-electron chi connectivity index (χ3n) is 4.52. The van der Waals surface area contributed by atoms with E-state index in [0.717, 1.165) is 29.6 Å². The van der Waals surface area contributed by atoms with Crippen molar-refractivity contribution in [3.8, 4) is 11.3 Å². The largest absolute Gasteiger partial charge is 0.383 e. The van der Waals surface area contributed by atoms with Gasteiger partial charge in [-0.05, 0) is 38.0 Å². The molecule has 0 atom stereocenters. The van der Waals surface area contributed by atoms with Gasteiger partial charge in [0.15, 0.2) is 5.65 Å². The second-order valence-electron chi connectivity index (χ2n) is 6.32. The van der Waals surface area contributed by atoms with E-state index >= 15 is 0 Å². The number of halogens is 1. The molecule has 3 aromatic rings. The summed E-state index contributed by atoms with van der Waals surface area (Å²) in [6, 6.07) is 3.89. The minimum Gasteiger partial charge on any atom is -0.383 e. The van der Waals surface area contributed by atoms with Crippen LogP contribution in [0.5, 0.6) is 0 Å². The van der Waals surface area contributed by atoms with Crippen LogP contribution in [0.4, 0.5) is 11.5 Å². The van der Waals surface area contributed by atoms with Gasteiger partial charge in [0.05, 0.1) is 10.4 Å². The van der Waals surface area contributed by atoms with Crippen molar-refractivity contribution in [1.29, 1.82) is 0 Å². The van der Waals surface area contributed by atoms with Crippen molar-refractivity contribution < 1.29 is 4.79 Å². The van der Waals surface area contributed by atoms with Gasteiger partial charge in [-0.2, -0.15) is 5.10 Å². The Kier molecular flexibility index (Phi) is 3.61. The number of amides is 1. The van der Waals surface area contributed by atoms with Crippen LogP contribution in [0.1, 0.15) is 25.5 Å². The highest BCUT2D eigenvalue weighted by Crippen LogP contribution is 2.41. The molecule has 0 spiro atoms. The maximum atomic E-state index is 11.2. The second-order valence-corrected chi connectivity index (χ2v) is 6.70. The molecule has 0 radical (unpaired) electrons. The minimum atomic E-state index is 0.115. The van der Waals surface area contributed by atoms with Crippen molar-refractivity contribution in [2.45, 2.75) is 26.3 Å². The zero-order valence-corrected chi connectivity index (χ0v) is 14.7. The van der Waals surface area contributed by atoms with Crippen LogP contribution < -0.4 is 10.6 Å². The lowest BCUT2D eigenvalue weighted by Crippen LogP contribution is -2.17. The first-order chi connectivity index (χ1) is 12.0. The fourth-order valence-corrected chi connectivity index (χ4v) is 3.65. The van der Waals surface area contributed by atoms with Crippen LogP contribution in [0.3, 0.4) is 0 Å². The highest BCUT2D eigenvalue weighted by Gasteiger charge is 2.26. The third kappa shape index (κ3) is 2.26. The Morgan fingerprint density at radius 3 is 2.84 bits per heavy atom. The van der Waals surface area contributed by atoms with Gasteiger partial charge in [0, 0.05) is 23.8 Å². The molecule has 1 aromatic carbocycles. The number of carbonyl (C=O) groups excluding carboxylic acids is 1. The monoisotopic (exact) mass is 356 g/mol. The van der Waals surface area contributed by atoms with E-state index in [1.54, 1.807) is 4.90 Å². The number of nitrogens with zero attached hydrogens (tertiary/aromatic N) is 5. The zero-order valence-electron chi connectivity index (χ0n) is 13.9. The Balaban J connectivity index is 1.99. The van der Waals surface area contributed by atoms with Crippen LogP contribution in [0.15, 0.2) is 18.5 Å². The SMILES string of the molecule is CC(C)n1nc(-c2ccc3c(c2Cl)CCN3C=O)c2c(N)ncnc21. The number of nitrogens with two attached hydrogens (primary N) is 1. The number of benzene rings is 1. The molecule has 7 nitrogen and oxygen atoms in total. The number of anilines is 2. The molecule has 3 heterocycles. The van der Waals surface area contributed by atoms with Crippen molar-refractivity contribution in [3.05, 3.63) is 29.0 Å². The quantitative estimate of drug-likeness (QED) is 0.729. The van der Waals surface area contributed by atoms with Crippen molar-refractivity contribution in [1.82, 2.24) is 19.7 Å². The zero-order chi connectivity index (χ0) is 17.7. The van der Waals surface area contributed by atoms with Crippen molar-refractivity contribution in [2.75, 3.05) is 17.2 Å². The van der Waals surface area contributed by atoms with Gasteiger partial charge >= 0.3 is 0 Å². The lowest BCUT2D eigenvalue weighted by Gasteiger charge is -2.12. The van der Waals surface area contributed by atoms with Gasteiger partial charge in [-0.1, -0.05) is 11.6 Å². The van der Waals surface area contributed by atoms with Crippen molar-refractivity contribution in [3.63, 3.8) is 0 Å². The maximum absolute atomic E-state index is 11.2. The molecule has 0 saturated heterocycles. The molecule has 0 fully saturated rings. The molecule has 1 amide bonds. The van der Waals surface area contributed by atoms with Gasteiger partial charge in [-0.15, -0.1) is 0 Å². The van der Waals surface area contributed by atoms with E-state index in [9.17, 15) is 4.79 Å². The second kappa shape index (κ2) is 5.70. The smallest absolute Gasteiger partial charge is 0.214 e. The summed E-state index contributed by atoms with van der Waals surface area (Å²) in [6.45, 7) is 4.69.